The summed E-state index contributed by atoms with van der Waals surface area (Å²) in [4.78, 5) is 46.2. The van der Waals surface area contributed by atoms with E-state index in [9.17, 15) is 0 Å². The van der Waals surface area contributed by atoms with E-state index in [4.69, 9.17) is 27.0 Å². The molecular formula is C63H130N22. The van der Waals surface area contributed by atoms with E-state index in [-0.39, 0.29) is 7.43 Å². The summed E-state index contributed by atoms with van der Waals surface area (Å²) in [6, 6.07) is 0. The van der Waals surface area contributed by atoms with Crippen molar-refractivity contribution >= 4 is 69.8 Å². The van der Waals surface area contributed by atoms with Crippen LogP contribution in [0, 0.1) is 27.0 Å². The number of rotatable bonds is 2. The molecule has 7 N–H and O–H groups in total. The standard InChI is InChI=1S/2C7H14N2.3C6H12N2.3C5H10N2.2C4H8N2.C4H9N.C3H7N.CH4/c1-7(8)9-5-3-2-4-6-9;1-3-9-6-4-5-8-7(9)2;1-6-7-4-3-5-8(6)2;1-6(7)8-4-2-3-5-8;1-3-8-5-4-7-6(8)2;1-5-6-3-4-7(5)2;1-5(6)7-3-2-4-7;1-5-6-3-2-4-7-5;1-4(5)6-2-3-6;1-4-5-2-3-6-4;1-4(2)5-3;1-3(2)4;/h8H,2-6H2,1H3;3-6H2,1-2H3;3-5H2,1-2H3;7H,2-5H2,1H3;3-5H2,1-2H3;3-4H2,1-2H3;6H,2-4H2,1H3;2-4H2,1H3,(H,6,7);5H,2-3H2,1H3;2-3H2,1H3,(H,5,6);1-3H3;4H,1-2H3;1H4. The number of likely N-dealkylation sites (tertiary alicyclic amines) is 3. The van der Waals surface area contributed by atoms with E-state index in [0.717, 1.165) is 160 Å². The first-order valence-electron chi connectivity index (χ1n) is 31.4. The van der Waals surface area contributed by atoms with Crippen molar-refractivity contribution in [3.8, 4) is 0 Å². The molecule has 10 aliphatic rings. The molecule has 10 heterocycles. The third-order valence-corrected chi connectivity index (χ3v) is 14.2. The molecule has 0 aromatic carbocycles. The SMILES string of the molecule is C.CC(=N)N1CC1.CC(=N)N1CCC1.CC(=N)N1CCCC1.CC(=N)N1CCCCC1.CC(C)=N.CC1=NCCCN1.CC1=NCCCN1C.CC1=NCCN1.CC1=NCCN1C.CCN1CCCN=C1C.CCN1CCN=C1C.CN=C(C)C. The van der Waals surface area contributed by atoms with Crippen LogP contribution in [-0.4, -0.2) is 274 Å². The van der Waals surface area contributed by atoms with Crippen LogP contribution in [-0.2, 0) is 0 Å². The molecule has 0 unspecified atom stereocenters. The Bertz CT molecular complexity index is 2030. The minimum Gasteiger partial charge on any atom is -0.374 e. The van der Waals surface area contributed by atoms with Crippen molar-refractivity contribution in [1.82, 2.24) is 49.8 Å². The molecule has 10 rings (SSSR count). The van der Waals surface area contributed by atoms with Crippen LogP contribution < -0.4 is 10.6 Å². The average Bonchev–Trinajstić information content (AvgIpc) is 3.79. The molecule has 0 spiro atoms. The van der Waals surface area contributed by atoms with Crippen LogP contribution >= 0.6 is 0 Å². The molecule has 4 saturated heterocycles. The van der Waals surface area contributed by atoms with Gasteiger partial charge >= 0.3 is 0 Å². The Hall–Kier alpha value is -5.96. The zero-order valence-electron chi connectivity index (χ0n) is 57.1. The van der Waals surface area contributed by atoms with Gasteiger partial charge in [-0.2, -0.15) is 0 Å². The highest BCUT2D eigenvalue weighted by molar-refractivity contribution is 5.83. The Morgan fingerprint density at radius 3 is 0.894 bits per heavy atom. The summed E-state index contributed by atoms with van der Waals surface area (Å²) in [5.41, 5.74) is 1.80. The molecule has 22 heteroatoms. The van der Waals surface area contributed by atoms with Crippen LogP contribution in [0.3, 0.4) is 0 Å². The van der Waals surface area contributed by atoms with Gasteiger partial charge in [0.25, 0.3) is 0 Å². The molecule has 4 fully saturated rings. The predicted molar refractivity (Wildman–Crippen MR) is 376 cm³/mol. The molecule has 492 valence electrons. The van der Waals surface area contributed by atoms with E-state index >= 15 is 0 Å². The first-order chi connectivity index (χ1) is 39.8. The number of amidine groups is 10. The smallest absolute Gasteiger partial charge is 0.0958 e. The Kier molecular flexibility index (Phi) is 51.3. The highest BCUT2D eigenvalue weighted by Crippen LogP contribution is 2.09. The van der Waals surface area contributed by atoms with Gasteiger partial charge in [0, 0.05) is 157 Å². The van der Waals surface area contributed by atoms with Crippen molar-refractivity contribution in [3.63, 3.8) is 0 Å². The first kappa shape index (κ1) is 83.3. The summed E-state index contributed by atoms with van der Waals surface area (Å²) in [6.45, 7) is 55.2. The van der Waals surface area contributed by atoms with Gasteiger partial charge in [-0.05, 0) is 169 Å². The molecule has 0 aromatic rings. The van der Waals surface area contributed by atoms with E-state index < -0.39 is 0 Å². The monoisotopic (exact) mass is 1200 g/mol. The number of nitrogens with one attached hydrogen (secondary N) is 7. The quantitative estimate of drug-likeness (QED) is 0.0783. The zero-order valence-corrected chi connectivity index (χ0v) is 57.1. The number of hydrogen-bond donors (Lipinski definition) is 7. The van der Waals surface area contributed by atoms with Gasteiger partial charge in [-0.15, -0.1) is 0 Å². The van der Waals surface area contributed by atoms with Crippen LogP contribution in [0.5, 0.6) is 0 Å². The number of aliphatic imine (C=N–C) groups is 7. The molecule has 0 aromatic heterocycles. The van der Waals surface area contributed by atoms with Gasteiger partial charge in [0.05, 0.1) is 78.0 Å². The summed E-state index contributed by atoms with van der Waals surface area (Å²) >= 11 is 0. The van der Waals surface area contributed by atoms with Crippen molar-refractivity contribution in [3.05, 3.63) is 0 Å². The molecule has 0 bridgehead atoms. The predicted octanol–water partition coefficient (Wildman–Crippen LogP) is 9.68. The van der Waals surface area contributed by atoms with Gasteiger partial charge in [0.2, 0.25) is 0 Å². The van der Waals surface area contributed by atoms with E-state index in [1.165, 1.54) is 94.2 Å². The number of piperidine rings is 1. The zero-order chi connectivity index (χ0) is 63.8. The third kappa shape index (κ3) is 47.9. The summed E-state index contributed by atoms with van der Waals surface area (Å²) in [6.07, 6.45) is 11.4. The lowest BCUT2D eigenvalue weighted by atomic mass is 10.1. The first-order valence-corrected chi connectivity index (χ1v) is 31.4. The summed E-state index contributed by atoms with van der Waals surface area (Å²) in [5.74, 6) is 9.80. The molecule has 0 atom stereocenters. The Balaban J connectivity index is -0.000000866. The van der Waals surface area contributed by atoms with Crippen molar-refractivity contribution in [2.45, 2.75) is 176 Å². The lowest BCUT2D eigenvalue weighted by Gasteiger charge is -2.31. The molecule has 0 amide bonds. The van der Waals surface area contributed by atoms with Crippen LogP contribution in [0.2, 0.25) is 0 Å². The minimum absolute atomic E-state index is 0. The van der Waals surface area contributed by atoms with E-state index in [1.807, 2.05) is 67.2 Å². The summed E-state index contributed by atoms with van der Waals surface area (Å²) in [7, 11) is 5.93. The van der Waals surface area contributed by atoms with Crippen LogP contribution in [0.4, 0.5) is 0 Å². The molecule has 0 saturated carbocycles. The highest BCUT2D eigenvalue weighted by atomic mass is 15.3. The van der Waals surface area contributed by atoms with Crippen LogP contribution in [0.1, 0.15) is 176 Å². The molecule has 0 aliphatic carbocycles. The lowest BCUT2D eigenvalue weighted by Crippen LogP contribution is -2.40. The van der Waals surface area contributed by atoms with Crippen LogP contribution in [0.25, 0.3) is 0 Å². The van der Waals surface area contributed by atoms with Gasteiger partial charge < -0.3 is 55.2 Å². The second kappa shape index (κ2) is 52.4. The Morgan fingerprint density at radius 1 is 0.388 bits per heavy atom. The number of likely N-dealkylation sites (N-methyl/N-ethyl adjacent to an activating group) is 2. The normalized spacial score (nSPS) is 18.1. The van der Waals surface area contributed by atoms with Crippen molar-refractivity contribution in [2.24, 2.45) is 34.9 Å². The average molecular weight is 1200 g/mol. The number of hydrogen-bond acceptors (Lipinski definition) is 18. The second-order valence-electron chi connectivity index (χ2n) is 22.1. The van der Waals surface area contributed by atoms with E-state index in [2.05, 4.69) is 129 Å². The van der Waals surface area contributed by atoms with Gasteiger partial charge in [0.1, 0.15) is 0 Å². The summed E-state index contributed by atoms with van der Waals surface area (Å²) < 4.78 is 0. The van der Waals surface area contributed by atoms with Crippen molar-refractivity contribution < 1.29 is 0 Å². The molecular weight excluding hydrogens is 1060 g/mol. The molecule has 0 radical (unpaired) electrons. The fourth-order valence-electron chi connectivity index (χ4n) is 8.09. The number of nitrogens with zero attached hydrogens (tertiary/aromatic N) is 15. The Morgan fingerprint density at radius 2 is 0.718 bits per heavy atom. The highest BCUT2D eigenvalue weighted by Gasteiger charge is 2.16. The largest absolute Gasteiger partial charge is 0.374 e. The fourth-order valence-corrected chi connectivity index (χ4v) is 8.09. The maximum Gasteiger partial charge on any atom is 0.0958 e. The lowest BCUT2D eigenvalue weighted by molar-refractivity contribution is 0.296. The van der Waals surface area contributed by atoms with Crippen molar-refractivity contribution in [2.75, 3.05) is 165 Å². The maximum atomic E-state index is 7.31. The summed E-state index contributed by atoms with van der Waals surface area (Å²) in [5, 5.41) is 41.2. The maximum absolute atomic E-state index is 7.31. The van der Waals surface area contributed by atoms with E-state index in [1.54, 1.807) is 20.9 Å². The fraction of sp³-hybridized carbons (Fsp3) is 0.810. The minimum atomic E-state index is 0. The van der Waals surface area contributed by atoms with Gasteiger partial charge in [0.15, 0.2) is 0 Å². The van der Waals surface area contributed by atoms with Gasteiger partial charge in [-0.3, -0.25) is 56.6 Å². The van der Waals surface area contributed by atoms with Crippen molar-refractivity contribution in [1.29, 1.82) is 27.0 Å². The third-order valence-electron chi connectivity index (χ3n) is 14.2. The molecule has 22 nitrogen and oxygen atoms in total. The second-order valence-corrected chi connectivity index (χ2v) is 22.1. The Labute approximate surface area is 520 Å². The van der Waals surface area contributed by atoms with Crippen LogP contribution in [0.15, 0.2) is 34.9 Å². The van der Waals surface area contributed by atoms with Gasteiger partial charge in [-0.25, -0.2) is 0 Å². The van der Waals surface area contributed by atoms with E-state index in [0.29, 0.717) is 17.4 Å². The van der Waals surface area contributed by atoms with Gasteiger partial charge in [-0.1, -0.05) is 7.43 Å². The molecule has 10 aliphatic heterocycles. The molecule has 85 heavy (non-hydrogen) atoms. The topological polar surface area (TPSA) is 256 Å².